The van der Waals surface area contributed by atoms with Gasteiger partial charge in [-0.25, -0.2) is 0 Å². The largest absolute Gasteiger partial charge is 0.329 e. The minimum absolute atomic E-state index is 0.117. The molecule has 0 unspecified atom stereocenters. The molecule has 0 aromatic heterocycles. The predicted octanol–water partition coefficient (Wildman–Crippen LogP) is 2.36. The van der Waals surface area contributed by atoms with Crippen LogP contribution < -0.4 is 5.73 Å². The van der Waals surface area contributed by atoms with E-state index in [0.717, 1.165) is 12.0 Å². The number of hydrogen-bond donors (Lipinski definition) is 1. The lowest BCUT2D eigenvalue weighted by Gasteiger charge is -2.23. The lowest BCUT2D eigenvalue weighted by atomic mass is 10.0. The van der Waals surface area contributed by atoms with E-state index in [-0.39, 0.29) is 11.8 Å². The average Bonchev–Trinajstić information content (AvgIpc) is 2.35. The summed E-state index contributed by atoms with van der Waals surface area (Å²) < 4.78 is 0. The van der Waals surface area contributed by atoms with Gasteiger partial charge in [-0.15, -0.1) is 0 Å². The number of Topliss-reactive ketones (excluding diaryl/α,β-unsaturated/α-hetero) is 1. The molecule has 0 saturated heterocycles. The standard InChI is InChI=1S/C14H21ClN2O/c1-4-14(18)11-6-5-10(13(15)8-11)7-12(9-16)17(2)3/h5-6,8,12H,4,7,9,16H2,1-3H3/t12-/m0/s1. The van der Waals surface area contributed by atoms with Gasteiger partial charge in [-0.1, -0.05) is 30.7 Å². The van der Waals surface area contributed by atoms with Crippen molar-refractivity contribution in [2.24, 2.45) is 5.73 Å². The van der Waals surface area contributed by atoms with Crippen LogP contribution in [-0.2, 0) is 6.42 Å². The van der Waals surface area contributed by atoms with E-state index in [1.54, 1.807) is 6.07 Å². The Kier molecular flexibility index (Phi) is 5.79. The number of halogens is 1. The van der Waals surface area contributed by atoms with Crippen LogP contribution in [0.3, 0.4) is 0 Å². The lowest BCUT2D eigenvalue weighted by molar-refractivity contribution is 0.0988. The highest BCUT2D eigenvalue weighted by Crippen LogP contribution is 2.21. The Morgan fingerprint density at radius 2 is 2.11 bits per heavy atom. The molecule has 0 aliphatic carbocycles. The van der Waals surface area contributed by atoms with Crippen molar-refractivity contribution in [1.82, 2.24) is 4.90 Å². The van der Waals surface area contributed by atoms with Crippen LogP contribution in [0.4, 0.5) is 0 Å². The molecule has 2 N–H and O–H groups in total. The van der Waals surface area contributed by atoms with E-state index in [9.17, 15) is 4.79 Å². The van der Waals surface area contributed by atoms with Gasteiger partial charge in [0.15, 0.2) is 5.78 Å². The normalized spacial score (nSPS) is 12.8. The van der Waals surface area contributed by atoms with Gasteiger partial charge in [0, 0.05) is 29.6 Å². The number of likely N-dealkylation sites (N-methyl/N-ethyl adjacent to an activating group) is 1. The van der Waals surface area contributed by atoms with E-state index in [0.29, 0.717) is 23.6 Å². The van der Waals surface area contributed by atoms with Crippen molar-refractivity contribution in [3.05, 3.63) is 34.3 Å². The third kappa shape index (κ3) is 3.80. The van der Waals surface area contributed by atoms with Crippen molar-refractivity contribution in [2.75, 3.05) is 20.6 Å². The van der Waals surface area contributed by atoms with Crippen LogP contribution in [0.5, 0.6) is 0 Å². The van der Waals surface area contributed by atoms with Crippen molar-refractivity contribution in [3.63, 3.8) is 0 Å². The summed E-state index contributed by atoms with van der Waals surface area (Å²) in [6, 6.07) is 5.79. The summed E-state index contributed by atoms with van der Waals surface area (Å²) >= 11 is 6.22. The highest BCUT2D eigenvalue weighted by molar-refractivity contribution is 6.31. The molecule has 4 heteroatoms. The van der Waals surface area contributed by atoms with E-state index in [1.807, 2.05) is 33.2 Å². The van der Waals surface area contributed by atoms with E-state index in [1.165, 1.54) is 0 Å². The third-order valence-electron chi connectivity index (χ3n) is 3.15. The number of ketones is 1. The Labute approximate surface area is 114 Å². The van der Waals surface area contributed by atoms with Crippen LogP contribution >= 0.6 is 11.6 Å². The van der Waals surface area contributed by atoms with Crippen LogP contribution in [0, 0.1) is 0 Å². The van der Waals surface area contributed by atoms with Gasteiger partial charge < -0.3 is 10.6 Å². The molecule has 0 radical (unpaired) electrons. The Morgan fingerprint density at radius 3 is 2.56 bits per heavy atom. The molecule has 1 aromatic carbocycles. The highest BCUT2D eigenvalue weighted by atomic mass is 35.5. The quantitative estimate of drug-likeness (QED) is 0.806. The first kappa shape index (κ1) is 15.2. The molecule has 1 rings (SSSR count). The summed E-state index contributed by atoms with van der Waals surface area (Å²) in [5.41, 5.74) is 7.45. The number of nitrogens with zero attached hydrogens (tertiary/aromatic N) is 1. The van der Waals surface area contributed by atoms with Crippen LogP contribution in [-0.4, -0.2) is 37.4 Å². The summed E-state index contributed by atoms with van der Waals surface area (Å²) in [7, 11) is 4.00. The summed E-state index contributed by atoms with van der Waals surface area (Å²) in [5, 5.41) is 0.648. The molecule has 1 aromatic rings. The monoisotopic (exact) mass is 268 g/mol. The average molecular weight is 269 g/mol. The molecule has 18 heavy (non-hydrogen) atoms. The fraction of sp³-hybridized carbons (Fsp3) is 0.500. The number of nitrogens with two attached hydrogens (primary N) is 1. The minimum atomic E-state index is 0.117. The molecule has 0 saturated carbocycles. The topological polar surface area (TPSA) is 46.3 Å². The molecular weight excluding hydrogens is 248 g/mol. The van der Waals surface area contributed by atoms with Gasteiger partial charge in [0.25, 0.3) is 0 Å². The second-order valence-corrected chi connectivity index (χ2v) is 5.05. The summed E-state index contributed by atoms with van der Waals surface area (Å²) in [4.78, 5) is 13.7. The SMILES string of the molecule is CCC(=O)c1ccc(C[C@@H](CN)N(C)C)c(Cl)c1. The summed E-state index contributed by atoms with van der Waals surface area (Å²) in [5.74, 6) is 0.117. The number of rotatable bonds is 6. The van der Waals surface area contributed by atoms with Crippen LogP contribution in [0.25, 0.3) is 0 Å². The molecule has 1 atom stereocenters. The van der Waals surface area contributed by atoms with Crippen LogP contribution in [0.15, 0.2) is 18.2 Å². The zero-order valence-electron chi connectivity index (χ0n) is 11.2. The van der Waals surface area contributed by atoms with Crippen LogP contribution in [0.2, 0.25) is 5.02 Å². The zero-order chi connectivity index (χ0) is 13.7. The Morgan fingerprint density at radius 1 is 1.44 bits per heavy atom. The number of carbonyl (C=O) groups excluding carboxylic acids is 1. The van der Waals surface area contributed by atoms with Gasteiger partial charge in [-0.2, -0.15) is 0 Å². The van der Waals surface area contributed by atoms with E-state index in [4.69, 9.17) is 17.3 Å². The van der Waals surface area contributed by atoms with Crippen LogP contribution in [0.1, 0.15) is 29.3 Å². The maximum absolute atomic E-state index is 11.6. The van der Waals surface area contributed by atoms with Gasteiger partial charge in [0.1, 0.15) is 0 Å². The first-order valence-electron chi connectivity index (χ1n) is 6.17. The predicted molar refractivity (Wildman–Crippen MR) is 76.3 cm³/mol. The van der Waals surface area contributed by atoms with Crippen molar-refractivity contribution in [2.45, 2.75) is 25.8 Å². The molecule has 0 amide bonds. The van der Waals surface area contributed by atoms with E-state index >= 15 is 0 Å². The minimum Gasteiger partial charge on any atom is -0.329 e. The summed E-state index contributed by atoms with van der Waals surface area (Å²) in [6.07, 6.45) is 1.29. The molecule has 0 fully saturated rings. The van der Waals surface area contributed by atoms with E-state index < -0.39 is 0 Å². The Bertz CT molecular complexity index is 418. The molecule has 0 aliphatic rings. The second-order valence-electron chi connectivity index (χ2n) is 4.64. The van der Waals surface area contributed by atoms with Gasteiger partial charge in [-0.3, -0.25) is 4.79 Å². The number of benzene rings is 1. The Balaban J connectivity index is 2.89. The molecule has 3 nitrogen and oxygen atoms in total. The van der Waals surface area contributed by atoms with Crippen molar-refractivity contribution >= 4 is 17.4 Å². The molecule has 0 heterocycles. The molecule has 100 valence electrons. The smallest absolute Gasteiger partial charge is 0.162 e. The first-order chi connectivity index (χ1) is 8.49. The number of hydrogen-bond acceptors (Lipinski definition) is 3. The zero-order valence-corrected chi connectivity index (χ0v) is 12.0. The molecular formula is C14H21ClN2O. The maximum atomic E-state index is 11.6. The number of carbonyl (C=O) groups is 1. The molecule has 0 aliphatic heterocycles. The van der Waals surface area contributed by atoms with E-state index in [2.05, 4.69) is 4.90 Å². The second kappa shape index (κ2) is 6.88. The molecule has 0 bridgehead atoms. The fourth-order valence-electron chi connectivity index (χ4n) is 1.82. The van der Waals surface area contributed by atoms with Crippen molar-refractivity contribution in [1.29, 1.82) is 0 Å². The fourth-order valence-corrected chi connectivity index (χ4v) is 2.08. The lowest BCUT2D eigenvalue weighted by Crippen LogP contribution is -2.36. The summed E-state index contributed by atoms with van der Waals surface area (Å²) in [6.45, 7) is 2.43. The van der Waals surface area contributed by atoms with Gasteiger partial charge in [-0.05, 0) is 32.1 Å². The van der Waals surface area contributed by atoms with Gasteiger partial charge >= 0.3 is 0 Å². The van der Waals surface area contributed by atoms with Crippen molar-refractivity contribution < 1.29 is 4.79 Å². The highest BCUT2D eigenvalue weighted by Gasteiger charge is 2.13. The third-order valence-corrected chi connectivity index (χ3v) is 3.51. The Hall–Kier alpha value is -0.900. The van der Waals surface area contributed by atoms with Gasteiger partial charge in [0.2, 0.25) is 0 Å². The van der Waals surface area contributed by atoms with Gasteiger partial charge in [0.05, 0.1) is 0 Å². The maximum Gasteiger partial charge on any atom is 0.162 e. The molecule has 0 spiro atoms. The van der Waals surface area contributed by atoms with Crippen molar-refractivity contribution in [3.8, 4) is 0 Å². The first-order valence-corrected chi connectivity index (χ1v) is 6.55.